The van der Waals surface area contributed by atoms with Gasteiger partial charge in [0, 0.05) is 6.07 Å². The second-order valence-electron chi connectivity index (χ2n) is 3.26. The van der Waals surface area contributed by atoms with E-state index in [0.717, 1.165) is 18.8 Å². The van der Waals surface area contributed by atoms with Gasteiger partial charge in [0.05, 0.1) is 6.61 Å². The lowest BCUT2D eigenvalue weighted by Crippen LogP contribution is -2.11. The molecule has 1 N–H and O–H groups in total. The third-order valence-electron chi connectivity index (χ3n) is 2.34. The molecule has 0 aliphatic carbocycles. The largest absolute Gasteiger partial charge is 0.508 e. The summed E-state index contributed by atoms with van der Waals surface area (Å²) in [6.07, 6.45) is 1.07. The van der Waals surface area contributed by atoms with E-state index in [1.165, 1.54) is 5.56 Å². The molecule has 0 fully saturated rings. The number of phenolic OH excluding ortho intramolecular Hbond substituents is 1. The predicted octanol–water partition coefficient (Wildman–Crippen LogP) is 2.28. The zero-order chi connectivity index (χ0) is 8.55. The summed E-state index contributed by atoms with van der Waals surface area (Å²) in [6, 6.07) is 5.34. The van der Waals surface area contributed by atoms with Crippen molar-refractivity contribution in [2.45, 2.75) is 19.3 Å². The van der Waals surface area contributed by atoms with E-state index in [2.05, 4.69) is 6.92 Å². The van der Waals surface area contributed by atoms with Gasteiger partial charge in [-0.05, 0) is 24.0 Å². The maximum absolute atomic E-state index is 9.19. The lowest BCUT2D eigenvalue weighted by atomic mass is 9.95. The van der Waals surface area contributed by atoms with E-state index in [1.54, 1.807) is 12.1 Å². The van der Waals surface area contributed by atoms with Crippen LogP contribution in [-0.2, 0) is 0 Å². The van der Waals surface area contributed by atoms with Gasteiger partial charge in [0.2, 0.25) is 0 Å². The lowest BCUT2D eigenvalue weighted by molar-refractivity contribution is 0.270. The van der Waals surface area contributed by atoms with Crippen LogP contribution >= 0.6 is 0 Å². The van der Waals surface area contributed by atoms with Crippen molar-refractivity contribution in [1.29, 1.82) is 0 Å². The van der Waals surface area contributed by atoms with Crippen LogP contribution in [0.1, 0.15) is 24.8 Å². The quantitative estimate of drug-likeness (QED) is 0.637. The maximum Gasteiger partial charge on any atom is 0.126 e. The molecule has 1 aromatic carbocycles. The molecular weight excluding hydrogens is 152 g/mol. The van der Waals surface area contributed by atoms with Crippen molar-refractivity contribution in [2.24, 2.45) is 0 Å². The Morgan fingerprint density at radius 3 is 3.17 bits per heavy atom. The molecule has 0 saturated heterocycles. The molecule has 2 rings (SSSR count). The van der Waals surface area contributed by atoms with Crippen LogP contribution in [0.3, 0.4) is 0 Å². The lowest BCUT2D eigenvalue weighted by Gasteiger charge is -2.22. The molecule has 0 aromatic heterocycles. The molecule has 1 aliphatic rings. The monoisotopic (exact) mass is 164 g/mol. The van der Waals surface area contributed by atoms with Crippen LogP contribution in [-0.4, -0.2) is 11.7 Å². The Balaban J connectivity index is 2.46. The average Bonchev–Trinajstić information content (AvgIpc) is 2.04. The van der Waals surface area contributed by atoms with Crippen LogP contribution in [0.2, 0.25) is 0 Å². The number of fused-ring (bicyclic) bond motifs is 1. The van der Waals surface area contributed by atoms with Crippen molar-refractivity contribution in [1.82, 2.24) is 0 Å². The minimum Gasteiger partial charge on any atom is -0.508 e. The van der Waals surface area contributed by atoms with E-state index in [-0.39, 0.29) is 5.75 Å². The summed E-state index contributed by atoms with van der Waals surface area (Å²) < 4.78 is 5.41. The van der Waals surface area contributed by atoms with Crippen LogP contribution in [0.15, 0.2) is 18.2 Å². The predicted molar refractivity (Wildman–Crippen MR) is 46.6 cm³/mol. The summed E-state index contributed by atoms with van der Waals surface area (Å²) in [7, 11) is 0. The van der Waals surface area contributed by atoms with Crippen LogP contribution in [0.5, 0.6) is 11.5 Å². The van der Waals surface area contributed by atoms with Gasteiger partial charge in [-0.15, -0.1) is 0 Å². The zero-order valence-corrected chi connectivity index (χ0v) is 7.08. The van der Waals surface area contributed by atoms with Gasteiger partial charge in [-0.1, -0.05) is 13.0 Å². The first-order chi connectivity index (χ1) is 5.77. The standard InChI is InChI=1S/C10H12O2/c1-7-4-5-12-10-6-8(11)2-3-9(7)10/h2-3,6-7,11H,4-5H2,1H3. The first kappa shape index (κ1) is 7.47. The highest BCUT2D eigenvalue weighted by atomic mass is 16.5. The van der Waals surface area contributed by atoms with Crippen LogP contribution in [0, 0.1) is 0 Å². The highest BCUT2D eigenvalue weighted by Crippen LogP contribution is 2.35. The molecular formula is C10H12O2. The van der Waals surface area contributed by atoms with Crippen LogP contribution in [0.4, 0.5) is 0 Å². The summed E-state index contributed by atoms with van der Waals surface area (Å²) in [5, 5.41) is 9.19. The van der Waals surface area contributed by atoms with Gasteiger partial charge in [-0.25, -0.2) is 0 Å². The number of benzene rings is 1. The molecule has 0 radical (unpaired) electrons. The molecule has 1 unspecified atom stereocenters. The van der Waals surface area contributed by atoms with Crippen molar-refractivity contribution in [3.8, 4) is 11.5 Å². The minimum atomic E-state index is 0.280. The smallest absolute Gasteiger partial charge is 0.126 e. The van der Waals surface area contributed by atoms with Gasteiger partial charge in [0.25, 0.3) is 0 Å². The third kappa shape index (κ3) is 1.13. The molecule has 1 atom stereocenters. The molecule has 64 valence electrons. The van der Waals surface area contributed by atoms with Gasteiger partial charge in [0.15, 0.2) is 0 Å². The maximum atomic E-state index is 9.19. The van der Waals surface area contributed by atoms with E-state index in [9.17, 15) is 5.11 Å². The molecule has 0 bridgehead atoms. The topological polar surface area (TPSA) is 29.5 Å². The van der Waals surface area contributed by atoms with Gasteiger partial charge in [0.1, 0.15) is 11.5 Å². The van der Waals surface area contributed by atoms with E-state index in [1.807, 2.05) is 6.07 Å². The summed E-state index contributed by atoms with van der Waals surface area (Å²) in [4.78, 5) is 0. The Morgan fingerprint density at radius 2 is 2.33 bits per heavy atom. The van der Waals surface area contributed by atoms with E-state index in [0.29, 0.717) is 5.92 Å². The van der Waals surface area contributed by atoms with Crippen molar-refractivity contribution >= 4 is 0 Å². The zero-order valence-electron chi connectivity index (χ0n) is 7.08. The Bertz CT molecular complexity index is 294. The van der Waals surface area contributed by atoms with Crippen molar-refractivity contribution in [3.63, 3.8) is 0 Å². The number of hydrogen-bond acceptors (Lipinski definition) is 2. The molecule has 1 aliphatic heterocycles. The molecule has 0 saturated carbocycles. The normalized spacial score (nSPS) is 21.2. The summed E-state index contributed by atoms with van der Waals surface area (Å²) in [6.45, 7) is 2.94. The third-order valence-corrected chi connectivity index (χ3v) is 2.34. The summed E-state index contributed by atoms with van der Waals surface area (Å²) in [5.41, 5.74) is 1.21. The molecule has 0 amide bonds. The van der Waals surface area contributed by atoms with Crippen molar-refractivity contribution < 1.29 is 9.84 Å². The number of ether oxygens (including phenoxy) is 1. The highest BCUT2D eigenvalue weighted by molar-refractivity contribution is 5.42. The number of aromatic hydroxyl groups is 1. The Morgan fingerprint density at radius 1 is 1.50 bits per heavy atom. The molecule has 1 heterocycles. The fourth-order valence-electron chi connectivity index (χ4n) is 1.56. The van der Waals surface area contributed by atoms with Crippen LogP contribution in [0.25, 0.3) is 0 Å². The van der Waals surface area contributed by atoms with E-state index >= 15 is 0 Å². The van der Waals surface area contributed by atoms with Gasteiger partial charge in [-0.3, -0.25) is 0 Å². The summed E-state index contributed by atoms with van der Waals surface area (Å²) >= 11 is 0. The molecule has 12 heavy (non-hydrogen) atoms. The Labute approximate surface area is 71.8 Å². The van der Waals surface area contributed by atoms with Gasteiger partial charge in [-0.2, -0.15) is 0 Å². The summed E-state index contributed by atoms with van der Waals surface area (Å²) in [5.74, 6) is 1.67. The second-order valence-corrected chi connectivity index (χ2v) is 3.26. The first-order valence-electron chi connectivity index (χ1n) is 4.23. The Hall–Kier alpha value is -1.18. The van der Waals surface area contributed by atoms with Crippen molar-refractivity contribution in [2.75, 3.05) is 6.61 Å². The highest BCUT2D eigenvalue weighted by Gasteiger charge is 2.17. The number of hydrogen-bond donors (Lipinski definition) is 1. The molecule has 1 aromatic rings. The number of rotatable bonds is 0. The van der Waals surface area contributed by atoms with Crippen LogP contribution < -0.4 is 4.74 Å². The number of phenols is 1. The second kappa shape index (κ2) is 2.70. The van der Waals surface area contributed by atoms with E-state index in [4.69, 9.17) is 4.74 Å². The average molecular weight is 164 g/mol. The Kier molecular flexibility index (Phi) is 1.68. The van der Waals surface area contributed by atoms with E-state index < -0.39 is 0 Å². The fourth-order valence-corrected chi connectivity index (χ4v) is 1.56. The van der Waals surface area contributed by atoms with Gasteiger partial charge < -0.3 is 9.84 Å². The molecule has 0 spiro atoms. The minimum absolute atomic E-state index is 0.280. The first-order valence-corrected chi connectivity index (χ1v) is 4.23. The van der Waals surface area contributed by atoms with Gasteiger partial charge >= 0.3 is 0 Å². The fraction of sp³-hybridized carbons (Fsp3) is 0.400. The molecule has 2 heteroatoms. The van der Waals surface area contributed by atoms with Crippen molar-refractivity contribution in [3.05, 3.63) is 23.8 Å². The SMILES string of the molecule is CC1CCOc2cc(O)ccc21. The molecule has 2 nitrogen and oxygen atoms in total.